The van der Waals surface area contributed by atoms with Crippen molar-refractivity contribution >= 4 is 34.4 Å². The second-order valence-electron chi connectivity index (χ2n) is 3.42. The van der Waals surface area contributed by atoms with Gasteiger partial charge in [0.15, 0.2) is 16.8 Å². The molecule has 1 heterocycles. The summed E-state index contributed by atoms with van der Waals surface area (Å²) in [4.78, 5) is 22.6. The van der Waals surface area contributed by atoms with Gasteiger partial charge in [-0.1, -0.05) is 0 Å². The number of fused-ring (bicyclic) bond motifs is 1. The van der Waals surface area contributed by atoms with Crippen LogP contribution >= 0.6 is 11.6 Å². The van der Waals surface area contributed by atoms with Crippen LogP contribution in [0.25, 0.3) is 11.0 Å². The summed E-state index contributed by atoms with van der Waals surface area (Å²) in [6.07, 6.45) is 0. The number of carbonyl (C=O) groups excluding carboxylic acids is 1. The predicted molar refractivity (Wildman–Crippen MR) is 61.7 cm³/mol. The lowest BCUT2D eigenvalue weighted by atomic mass is 10.2. The molecule has 0 bridgehead atoms. The maximum absolute atomic E-state index is 13.4. The van der Waals surface area contributed by atoms with Gasteiger partial charge in [0.05, 0.1) is 5.39 Å². The number of benzene rings is 1. The van der Waals surface area contributed by atoms with Crippen molar-refractivity contribution < 1.29 is 18.0 Å². The second-order valence-corrected chi connectivity index (χ2v) is 3.69. The van der Waals surface area contributed by atoms with Crippen molar-refractivity contribution in [1.82, 2.24) is 0 Å². The standard InChI is InChI=1S/C11H6ClF2NO3/c12-4-9(17)15-10-3-8(16)6-1-5(13)2-7(14)11(6)18-10/h1-3H,4H2,(H,15,17). The second kappa shape index (κ2) is 4.73. The monoisotopic (exact) mass is 273 g/mol. The molecule has 94 valence electrons. The van der Waals surface area contributed by atoms with Crippen LogP contribution in [-0.4, -0.2) is 11.8 Å². The number of nitrogens with one attached hydrogen (secondary N) is 1. The highest BCUT2D eigenvalue weighted by Gasteiger charge is 2.12. The molecular formula is C11H6ClF2NO3. The van der Waals surface area contributed by atoms with E-state index in [1.807, 2.05) is 0 Å². The van der Waals surface area contributed by atoms with Crippen LogP contribution in [0.4, 0.5) is 14.7 Å². The maximum atomic E-state index is 13.4. The Hall–Kier alpha value is -1.95. The first kappa shape index (κ1) is 12.5. The lowest BCUT2D eigenvalue weighted by molar-refractivity contribution is -0.114. The molecule has 0 aliphatic rings. The highest BCUT2D eigenvalue weighted by molar-refractivity contribution is 6.28. The number of hydrogen-bond acceptors (Lipinski definition) is 3. The third kappa shape index (κ3) is 2.33. The molecule has 2 aromatic rings. The Bertz CT molecular complexity index is 684. The number of anilines is 1. The van der Waals surface area contributed by atoms with Crippen molar-refractivity contribution in [2.24, 2.45) is 0 Å². The fourth-order valence-electron chi connectivity index (χ4n) is 1.42. The van der Waals surface area contributed by atoms with E-state index in [-0.39, 0.29) is 17.2 Å². The van der Waals surface area contributed by atoms with Crippen LogP contribution in [0.5, 0.6) is 0 Å². The Kier molecular flexibility index (Phi) is 3.29. The average Bonchev–Trinajstić information content (AvgIpc) is 2.30. The Morgan fingerprint density at radius 1 is 1.33 bits per heavy atom. The van der Waals surface area contributed by atoms with Gasteiger partial charge >= 0.3 is 0 Å². The van der Waals surface area contributed by atoms with Crippen molar-refractivity contribution in [2.45, 2.75) is 0 Å². The van der Waals surface area contributed by atoms with E-state index >= 15 is 0 Å². The zero-order chi connectivity index (χ0) is 13.3. The largest absolute Gasteiger partial charge is 0.437 e. The van der Waals surface area contributed by atoms with E-state index in [9.17, 15) is 18.4 Å². The van der Waals surface area contributed by atoms with Crippen LogP contribution in [0.1, 0.15) is 0 Å². The molecule has 0 saturated carbocycles. The number of halogens is 3. The van der Waals surface area contributed by atoms with Gasteiger partial charge in [0.1, 0.15) is 11.7 Å². The van der Waals surface area contributed by atoms with Gasteiger partial charge < -0.3 is 4.42 Å². The summed E-state index contributed by atoms with van der Waals surface area (Å²) >= 11 is 5.26. The SMILES string of the molecule is O=C(CCl)Nc1cc(=O)c2cc(F)cc(F)c2o1. The fraction of sp³-hybridized carbons (Fsp3) is 0.0909. The van der Waals surface area contributed by atoms with Gasteiger partial charge in [-0.05, 0) is 6.07 Å². The third-order valence-corrected chi connectivity index (χ3v) is 2.37. The maximum Gasteiger partial charge on any atom is 0.241 e. The Morgan fingerprint density at radius 3 is 2.72 bits per heavy atom. The Balaban J connectivity index is 2.62. The molecule has 1 amide bonds. The first-order valence-electron chi connectivity index (χ1n) is 4.80. The van der Waals surface area contributed by atoms with Crippen LogP contribution in [0.15, 0.2) is 27.4 Å². The minimum atomic E-state index is -1.02. The fourth-order valence-corrected chi connectivity index (χ4v) is 1.48. The molecule has 1 N–H and O–H groups in total. The van der Waals surface area contributed by atoms with E-state index in [0.29, 0.717) is 6.07 Å². The van der Waals surface area contributed by atoms with E-state index < -0.39 is 28.6 Å². The number of rotatable bonds is 2. The topological polar surface area (TPSA) is 59.3 Å². The molecule has 0 saturated heterocycles. The summed E-state index contributed by atoms with van der Waals surface area (Å²) in [7, 11) is 0. The molecular weight excluding hydrogens is 268 g/mol. The molecule has 2 rings (SSSR count). The highest BCUT2D eigenvalue weighted by Crippen LogP contribution is 2.20. The number of carbonyl (C=O) groups is 1. The summed E-state index contributed by atoms with van der Waals surface area (Å²) in [5.74, 6) is -3.10. The first-order valence-corrected chi connectivity index (χ1v) is 5.33. The normalized spacial score (nSPS) is 10.6. The van der Waals surface area contributed by atoms with Gasteiger partial charge in [-0.25, -0.2) is 8.78 Å². The molecule has 18 heavy (non-hydrogen) atoms. The molecule has 0 spiro atoms. The van der Waals surface area contributed by atoms with Crippen molar-refractivity contribution in [3.05, 3.63) is 40.1 Å². The highest BCUT2D eigenvalue weighted by atomic mass is 35.5. The summed E-state index contributed by atoms with van der Waals surface area (Å²) in [5.41, 5.74) is -1.09. The summed E-state index contributed by atoms with van der Waals surface area (Å²) in [6.45, 7) is 0. The summed E-state index contributed by atoms with van der Waals surface area (Å²) in [6, 6.07) is 2.36. The van der Waals surface area contributed by atoms with E-state index in [0.717, 1.165) is 12.1 Å². The van der Waals surface area contributed by atoms with Gasteiger partial charge in [-0.3, -0.25) is 14.9 Å². The quantitative estimate of drug-likeness (QED) is 0.854. The molecule has 0 unspecified atom stereocenters. The van der Waals surface area contributed by atoms with E-state index in [4.69, 9.17) is 16.0 Å². The molecule has 4 nitrogen and oxygen atoms in total. The van der Waals surface area contributed by atoms with Gasteiger partial charge in [-0.15, -0.1) is 11.6 Å². The van der Waals surface area contributed by atoms with Crippen LogP contribution in [0, 0.1) is 11.6 Å². The Labute approximate surface area is 104 Å². The van der Waals surface area contributed by atoms with Gasteiger partial charge in [0, 0.05) is 12.1 Å². The number of alkyl halides is 1. The van der Waals surface area contributed by atoms with Crippen LogP contribution in [-0.2, 0) is 4.79 Å². The Morgan fingerprint density at radius 2 is 2.06 bits per heavy atom. The van der Waals surface area contributed by atoms with E-state index in [1.165, 1.54) is 0 Å². The number of hydrogen-bond donors (Lipinski definition) is 1. The zero-order valence-electron chi connectivity index (χ0n) is 8.80. The molecule has 0 radical (unpaired) electrons. The van der Waals surface area contributed by atoms with Gasteiger partial charge in [0.25, 0.3) is 0 Å². The molecule has 0 atom stereocenters. The molecule has 1 aromatic carbocycles. The molecule has 0 fully saturated rings. The predicted octanol–water partition coefficient (Wildman–Crippen LogP) is 2.25. The minimum Gasteiger partial charge on any atom is -0.437 e. The lowest BCUT2D eigenvalue weighted by Crippen LogP contribution is -2.14. The van der Waals surface area contributed by atoms with Crippen LogP contribution in [0.2, 0.25) is 0 Å². The number of amides is 1. The van der Waals surface area contributed by atoms with Crippen LogP contribution in [0.3, 0.4) is 0 Å². The minimum absolute atomic E-state index is 0.239. The van der Waals surface area contributed by atoms with E-state index in [1.54, 1.807) is 0 Å². The summed E-state index contributed by atoms with van der Waals surface area (Å²) in [5, 5.41) is 1.93. The van der Waals surface area contributed by atoms with Gasteiger partial charge in [0.2, 0.25) is 11.8 Å². The van der Waals surface area contributed by atoms with Crippen molar-refractivity contribution in [3.63, 3.8) is 0 Å². The zero-order valence-corrected chi connectivity index (χ0v) is 9.55. The average molecular weight is 274 g/mol. The molecule has 1 aromatic heterocycles. The van der Waals surface area contributed by atoms with Gasteiger partial charge in [-0.2, -0.15) is 0 Å². The summed E-state index contributed by atoms with van der Waals surface area (Å²) < 4.78 is 31.3. The lowest BCUT2D eigenvalue weighted by Gasteiger charge is -2.04. The molecule has 0 aliphatic heterocycles. The van der Waals surface area contributed by atoms with Crippen molar-refractivity contribution in [2.75, 3.05) is 11.2 Å². The smallest absolute Gasteiger partial charge is 0.241 e. The first-order chi connectivity index (χ1) is 8.51. The van der Waals surface area contributed by atoms with Crippen molar-refractivity contribution in [1.29, 1.82) is 0 Å². The molecule has 7 heteroatoms. The molecule has 0 aliphatic carbocycles. The van der Waals surface area contributed by atoms with E-state index in [2.05, 4.69) is 5.32 Å². The van der Waals surface area contributed by atoms with Crippen molar-refractivity contribution in [3.8, 4) is 0 Å². The van der Waals surface area contributed by atoms with Crippen LogP contribution < -0.4 is 10.7 Å². The third-order valence-electron chi connectivity index (χ3n) is 2.13.